The lowest BCUT2D eigenvalue weighted by molar-refractivity contribution is 0.164. The van der Waals surface area contributed by atoms with E-state index in [0.717, 1.165) is 11.1 Å². The van der Waals surface area contributed by atoms with Crippen LogP contribution in [0, 0.1) is 6.92 Å². The third kappa shape index (κ3) is 2.44. The molecule has 0 aromatic heterocycles. The molecule has 3 N–H and O–H groups in total. The van der Waals surface area contributed by atoms with Crippen LogP contribution in [-0.2, 0) is 0 Å². The third-order valence-corrected chi connectivity index (χ3v) is 2.36. The first-order valence-corrected chi connectivity index (χ1v) is 4.60. The molecule has 3 heteroatoms. The van der Waals surface area contributed by atoms with Gasteiger partial charge in [-0.25, -0.2) is 0 Å². The van der Waals surface area contributed by atoms with E-state index in [0.29, 0.717) is 5.02 Å². The average molecular weight is 200 g/mol. The molecule has 0 radical (unpaired) electrons. The monoisotopic (exact) mass is 199 g/mol. The van der Waals surface area contributed by atoms with Crippen LogP contribution in [0.3, 0.4) is 0 Å². The van der Waals surface area contributed by atoms with Crippen molar-refractivity contribution in [2.45, 2.75) is 26.0 Å². The van der Waals surface area contributed by atoms with Gasteiger partial charge in [0.25, 0.3) is 0 Å². The molecular formula is C10H14ClNO. The van der Waals surface area contributed by atoms with Gasteiger partial charge in [0, 0.05) is 5.02 Å². The highest BCUT2D eigenvalue weighted by molar-refractivity contribution is 6.30. The topological polar surface area (TPSA) is 46.2 Å². The Labute approximate surface area is 83.3 Å². The van der Waals surface area contributed by atoms with Gasteiger partial charge in [0.15, 0.2) is 0 Å². The maximum Gasteiger partial charge on any atom is 0.0704 e. The molecular weight excluding hydrogens is 186 g/mol. The molecule has 0 spiro atoms. The SMILES string of the molecule is Cc1ccc(Cl)cc1[C@H](N)[C@@H](C)O. The molecule has 0 aliphatic carbocycles. The predicted octanol–water partition coefficient (Wildman–Crippen LogP) is 2.03. The molecule has 72 valence electrons. The minimum atomic E-state index is -0.558. The molecule has 0 saturated heterocycles. The van der Waals surface area contributed by atoms with Gasteiger partial charge in [-0.3, -0.25) is 0 Å². The second-order valence-electron chi connectivity index (χ2n) is 3.27. The lowest BCUT2D eigenvalue weighted by Gasteiger charge is -2.17. The van der Waals surface area contributed by atoms with E-state index in [1.54, 1.807) is 13.0 Å². The Morgan fingerprint density at radius 3 is 2.62 bits per heavy atom. The van der Waals surface area contributed by atoms with Crippen molar-refractivity contribution < 1.29 is 5.11 Å². The summed E-state index contributed by atoms with van der Waals surface area (Å²) in [6, 6.07) is 5.15. The highest BCUT2D eigenvalue weighted by Crippen LogP contribution is 2.22. The molecule has 0 heterocycles. The molecule has 0 aliphatic heterocycles. The fourth-order valence-electron chi connectivity index (χ4n) is 1.23. The van der Waals surface area contributed by atoms with Gasteiger partial charge in [-0.15, -0.1) is 0 Å². The van der Waals surface area contributed by atoms with Crippen LogP contribution in [-0.4, -0.2) is 11.2 Å². The summed E-state index contributed by atoms with van der Waals surface area (Å²) in [5.41, 5.74) is 7.76. The maximum atomic E-state index is 9.32. The summed E-state index contributed by atoms with van der Waals surface area (Å²) in [5, 5.41) is 9.97. The van der Waals surface area contributed by atoms with Gasteiger partial charge in [0.2, 0.25) is 0 Å². The Morgan fingerprint density at radius 2 is 2.08 bits per heavy atom. The van der Waals surface area contributed by atoms with Crippen LogP contribution in [0.15, 0.2) is 18.2 Å². The van der Waals surface area contributed by atoms with Gasteiger partial charge in [-0.2, -0.15) is 0 Å². The number of benzene rings is 1. The molecule has 1 rings (SSSR count). The molecule has 1 aromatic carbocycles. The zero-order valence-electron chi connectivity index (χ0n) is 7.79. The van der Waals surface area contributed by atoms with Crippen molar-refractivity contribution in [3.8, 4) is 0 Å². The van der Waals surface area contributed by atoms with Gasteiger partial charge in [0.1, 0.15) is 0 Å². The molecule has 1 aromatic rings. The van der Waals surface area contributed by atoms with Crippen LogP contribution in [0.4, 0.5) is 0 Å². The van der Waals surface area contributed by atoms with Crippen molar-refractivity contribution in [1.29, 1.82) is 0 Å². The van der Waals surface area contributed by atoms with Gasteiger partial charge in [-0.1, -0.05) is 17.7 Å². The first kappa shape index (κ1) is 10.5. The number of aryl methyl sites for hydroxylation is 1. The van der Waals surface area contributed by atoms with Crippen LogP contribution in [0.1, 0.15) is 24.1 Å². The maximum absolute atomic E-state index is 9.32. The number of rotatable bonds is 2. The Kier molecular flexibility index (Phi) is 3.31. The van der Waals surface area contributed by atoms with Crippen LogP contribution >= 0.6 is 11.6 Å². The molecule has 0 saturated carbocycles. The van der Waals surface area contributed by atoms with Crippen molar-refractivity contribution in [2.24, 2.45) is 5.73 Å². The van der Waals surface area contributed by atoms with Crippen LogP contribution in [0.2, 0.25) is 5.02 Å². The lowest BCUT2D eigenvalue weighted by atomic mass is 9.99. The second-order valence-corrected chi connectivity index (χ2v) is 3.70. The van der Waals surface area contributed by atoms with Crippen molar-refractivity contribution in [2.75, 3.05) is 0 Å². The van der Waals surface area contributed by atoms with Crippen LogP contribution in [0.5, 0.6) is 0 Å². The van der Waals surface area contributed by atoms with E-state index in [1.807, 2.05) is 19.1 Å². The van der Waals surface area contributed by atoms with Crippen LogP contribution < -0.4 is 5.73 Å². The molecule has 0 bridgehead atoms. The average Bonchev–Trinajstić information content (AvgIpc) is 2.08. The van der Waals surface area contributed by atoms with Crippen molar-refractivity contribution in [1.82, 2.24) is 0 Å². The zero-order chi connectivity index (χ0) is 10.0. The van der Waals surface area contributed by atoms with Crippen LogP contribution in [0.25, 0.3) is 0 Å². The Balaban J connectivity index is 3.05. The molecule has 2 atom stereocenters. The quantitative estimate of drug-likeness (QED) is 0.766. The number of halogens is 1. The second kappa shape index (κ2) is 4.09. The molecule has 0 aliphatic rings. The Morgan fingerprint density at radius 1 is 1.46 bits per heavy atom. The first-order valence-electron chi connectivity index (χ1n) is 4.22. The van der Waals surface area contributed by atoms with E-state index >= 15 is 0 Å². The number of aliphatic hydroxyl groups is 1. The normalized spacial score (nSPS) is 15.5. The fraction of sp³-hybridized carbons (Fsp3) is 0.400. The van der Waals surface area contributed by atoms with E-state index < -0.39 is 6.10 Å². The minimum absolute atomic E-state index is 0.362. The highest BCUT2D eigenvalue weighted by atomic mass is 35.5. The van der Waals surface area contributed by atoms with Gasteiger partial charge in [-0.05, 0) is 37.1 Å². The first-order chi connectivity index (χ1) is 6.02. The Hall–Kier alpha value is -0.570. The zero-order valence-corrected chi connectivity index (χ0v) is 8.55. The van der Waals surface area contributed by atoms with Crippen molar-refractivity contribution in [3.63, 3.8) is 0 Å². The van der Waals surface area contributed by atoms with Gasteiger partial charge >= 0.3 is 0 Å². The molecule has 0 unspecified atom stereocenters. The predicted molar refractivity (Wildman–Crippen MR) is 54.8 cm³/mol. The third-order valence-electron chi connectivity index (χ3n) is 2.12. The highest BCUT2D eigenvalue weighted by Gasteiger charge is 2.14. The summed E-state index contributed by atoms with van der Waals surface area (Å²) in [6.45, 7) is 3.62. The summed E-state index contributed by atoms with van der Waals surface area (Å²) in [5.74, 6) is 0. The molecule has 0 fully saturated rings. The summed E-state index contributed by atoms with van der Waals surface area (Å²) in [4.78, 5) is 0. The van der Waals surface area contributed by atoms with E-state index in [-0.39, 0.29) is 6.04 Å². The van der Waals surface area contributed by atoms with E-state index in [9.17, 15) is 5.11 Å². The van der Waals surface area contributed by atoms with Crippen molar-refractivity contribution >= 4 is 11.6 Å². The van der Waals surface area contributed by atoms with E-state index in [2.05, 4.69) is 0 Å². The van der Waals surface area contributed by atoms with Gasteiger partial charge < -0.3 is 10.8 Å². The molecule has 13 heavy (non-hydrogen) atoms. The molecule has 2 nitrogen and oxygen atoms in total. The van der Waals surface area contributed by atoms with E-state index in [1.165, 1.54) is 0 Å². The van der Waals surface area contributed by atoms with Gasteiger partial charge in [0.05, 0.1) is 12.1 Å². The summed E-state index contributed by atoms with van der Waals surface area (Å²) in [6.07, 6.45) is -0.558. The largest absolute Gasteiger partial charge is 0.391 e. The van der Waals surface area contributed by atoms with Crippen molar-refractivity contribution in [3.05, 3.63) is 34.3 Å². The number of nitrogens with two attached hydrogens (primary N) is 1. The Bertz CT molecular complexity index is 299. The summed E-state index contributed by atoms with van der Waals surface area (Å²) >= 11 is 5.83. The standard InChI is InChI=1S/C10H14ClNO/c1-6-3-4-8(11)5-9(6)10(12)7(2)13/h3-5,7,10,13H,12H2,1-2H3/t7-,10-/m1/s1. The smallest absolute Gasteiger partial charge is 0.0704 e. The summed E-state index contributed by atoms with van der Waals surface area (Å²) in [7, 11) is 0. The lowest BCUT2D eigenvalue weighted by Crippen LogP contribution is -2.23. The number of hydrogen-bond acceptors (Lipinski definition) is 2. The van der Waals surface area contributed by atoms with E-state index in [4.69, 9.17) is 17.3 Å². The fourth-order valence-corrected chi connectivity index (χ4v) is 1.41. The summed E-state index contributed by atoms with van der Waals surface area (Å²) < 4.78 is 0. The number of aliphatic hydroxyl groups excluding tert-OH is 1. The molecule has 0 amide bonds. The number of hydrogen-bond donors (Lipinski definition) is 2. The minimum Gasteiger partial charge on any atom is -0.391 e.